The standard InChI is InChI=1S/C10H16N4O3/c1-10(2,3)8(17)14(5-4-7(15)16)9-11-6-12-13-9/h6H,4-5H2,1-3H3,(H,15,16)(H,11,12,13). The molecule has 1 heterocycles. The molecule has 0 radical (unpaired) electrons. The van der Waals surface area contributed by atoms with E-state index >= 15 is 0 Å². The van der Waals surface area contributed by atoms with E-state index in [4.69, 9.17) is 5.11 Å². The minimum atomic E-state index is -0.962. The largest absolute Gasteiger partial charge is 0.481 e. The van der Waals surface area contributed by atoms with E-state index in [9.17, 15) is 9.59 Å². The Morgan fingerprint density at radius 3 is 2.53 bits per heavy atom. The van der Waals surface area contributed by atoms with Crippen molar-refractivity contribution in [3.63, 3.8) is 0 Å². The maximum absolute atomic E-state index is 12.1. The van der Waals surface area contributed by atoms with Crippen molar-refractivity contribution in [3.05, 3.63) is 6.33 Å². The number of rotatable bonds is 4. The maximum Gasteiger partial charge on any atom is 0.305 e. The predicted octanol–water partition coefficient (Wildman–Crippen LogP) is 0.659. The molecule has 1 rings (SSSR count). The number of hydrogen-bond acceptors (Lipinski definition) is 4. The van der Waals surface area contributed by atoms with E-state index in [1.54, 1.807) is 20.8 Å². The van der Waals surface area contributed by atoms with Gasteiger partial charge in [0.05, 0.1) is 6.42 Å². The van der Waals surface area contributed by atoms with Crippen LogP contribution in [0.5, 0.6) is 0 Å². The van der Waals surface area contributed by atoms with E-state index < -0.39 is 11.4 Å². The third-order valence-corrected chi connectivity index (χ3v) is 2.09. The number of hydrogen-bond donors (Lipinski definition) is 2. The number of carboxylic acid groups (broad SMARTS) is 1. The molecule has 0 aliphatic heterocycles. The third kappa shape index (κ3) is 3.54. The van der Waals surface area contributed by atoms with E-state index in [1.165, 1.54) is 11.2 Å². The van der Waals surface area contributed by atoms with Crippen LogP contribution in [-0.2, 0) is 9.59 Å². The number of carbonyl (C=O) groups excluding carboxylic acids is 1. The summed E-state index contributed by atoms with van der Waals surface area (Å²) in [7, 11) is 0. The lowest BCUT2D eigenvalue weighted by Crippen LogP contribution is -2.41. The Kier molecular flexibility index (Phi) is 3.82. The Bertz CT molecular complexity index is 394. The molecule has 94 valence electrons. The van der Waals surface area contributed by atoms with Crippen molar-refractivity contribution in [1.29, 1.82) is 0 Å². The average molecular weight is 240 g/mol. The molecule has 0 aliphatic rings. The highest BCUT2D eigenvalue weighted by atomic mass is 16.4. The van der Waals surface area contributed by atoms with Gasteiger partial charge in [-0.3, -0.25) is 14.5 Å². The molecule has 0 unspecified atom stereocenters. The van der Waals surface area contributed by atoms with Crippen LogP contribution in [0.15, 0.2) is 6.33 Å². The topological polar surface area (TPSA) is 99.2 Å². The van der Waals surface area contributed by atoms with Gasteiger partial charge in [-0.05, 0) is 0 Å². The summed E-state index contributed by atoms with van der Waals surface area (Å²) in [5.41, 5.74) is -0.606. The Balaban J connectivity index is 2.87. The monoisotopic (exact) mass is 240 g/mol. The molecule has 7 nitrogen and oxygen atoms in total. The highest BCUT2D eigenvalue weighted by Crippen LogP contribution is 2.20. The summed E-state index contributed by atoms with van der Waals surface area (Å²) in [6.45, 7) is 5.36. The molecule has 1 aromatic heterocycles. The molecule has 0 spiro atoms. The summed E-state index contributed by atoms with van der Waals surface area (Å²) in [6, 6.07) is 0. The lowest BCUT2D eigenvalue weighted by atomic mass is 9.95. The second kappa shape index (κ2) is 4.94. The summed E-state index contributed by atoms with van der Waals surface area (Å²) in [5, 5.41) is 14.9. The average Bonchev–Trinajstić information content (AvgIpc) is 2.69. The normalized spacial score (nSPS) is 11.2. The third-order valence-electron chi connectivity index (χ3n) is 2.09. The number of nitrogens with one attached hydrogen (secondary N) is 1. The van der Waals surface area contributed by atoms with Crippen LogP contribution in [0.1, 0.15) is 27.2 Å². The summed E-state index contributed by atoms with van der Waals surface area (Å²) in [4.78, 5) is 27.9. The molecule has 7 heteroatoms. The fraction of sp³-hybridized carbons (Fsp3) is 0.600. The molecular formula is C10H16N4O3. The number of aliphatic carboxylic acids is 1. The van der Waals surface area contributed by atoms with Crippen LogP contribution in [0, 0.1) is 5.41 Å². The minimum absolute atomic E-state index is 0.0701. The Hall–Kier alpha value is -1.92. The zero-order valence-corrected chi connectivity index (χ0v) is 10.1. The fourth-order valence-corrected chi connectivity index (χ4v) is 1.25. The van der Waals surface area contributed by atoms with E-state index in [0.717, 1.165) is 0 Å². The van der Waals surface area contributed by atoms with Gasteiger partial charge in [-0.25, -0.2) is 5.10 Å². The van der Waals surface area contributed by atoms with Gasteiger partial charge in [-0.1, -0.05) is 20.8 Å². The van der Waals surface area contributed by atoms with Crippen LogP contribution < -0.4 is 4.90 Å². The first-order valence-electron chi connectivity index (χ1n) is 5.21. The first-order chi connectivity index (χ1) is 7.82. The molecule has 1 aromatic rings. The molecule has 0 saturated carbocycles. The summed E-state index contributed by atoms with van der Waals surface area (Å²) in [5.74, 6) is -0.891. The number of anilines is 1. The molecule has 0 atom stereocenters. The highest BCUT2D eigenvalue weighted by Gasteiger charge is 2.29. The Morgan fingerprint density at radius 2 is 2.12 bits per heavy atom. The zero-order valence-electron chi connectivity index (χ0n) is 10.1. The van der Waals surface area contributed by atoms with Gasteiger partial charge in [-0.15, -0.1) is 0 Å². The van der Waals surface area contributed by atoms with Gasteiger partial charge >= 0.3 is 5.97 Å². The minimum Gasteiger partial charge on any atom is -0.481 e. The quantitative estimate of drug-likeness (QED) is 0.805. The smallest absolute Gasteiger partial charge is 0.305 e. The van der Waals surface area contributed by atoms with E-state index in [2.05, 4.69) is 15.2 Å². The number of amides is 1. The number of H-pyrrole nitrogens is 1. The molecule has 0 bridgehead atoms. The van der Waals surface area contributed by atoms with Crippen molar-refractivity contribution in [2.24, 2.45) is 5.41 Å². The summed E-state index contributed by atoms with van der Waals surface area (Å²) < 4.78 is 0. The van der Waals surface area contributed by atoms with E-state index in [0.29, 0.717) is 0 Å². The van der Waals surface area contributed by atoms with Crippen molar-refractivity contribution in [2.75, 3.05) is 11.4 Å². The molecule has 0 fully saturated rings. The first-order valence-corrected chi connectivity index (χ1v) is 5.21. The van der Waals surface area contributed by atoms with E-state index in [1.807, 2.05) is 0 Å². The van der Waals surface area contributed by atoms with Gasteiger partial charge in [0.15, 0.2) is 0 Å². The number of aromatic amines is 1. The molecule has 2 N–H and O–H groups in total. The van der Waals surface area contributed by atoms with Crippen LogP contribution in [-0.4, -0.2) is 38.7 Å². The predicted molar refractivity (Wildman–Crippen MR) is 60.4 cm³/mol. The molecule has 0 aromatic carbocycles. The fourth-order valence-electron chi connectivity index (χ4n) is 1.25. The molecule has 17 heavy (non-hydrogen) atoms. The highest BCUT2D eigenvalue weighted by molar-refractivity contribution is 5.95. The van der Waals surface area contributed by atoms with Gasteiger partial charge in [0.25, 0.3) is 0 Å². The van der Waals surface area contributed by atoms with Crippen molar-refractivity contribution < 1.29 is 14.7 Å². The zero-order chi connectivity index (χ0) is 13.1. The molecule has 0 saturated heterocycles. The van der Waals surface area contributed by atoms with Crippen LogP contribution in [0.3, 0.4) is 0 Å². The molecular weight excluding hydrogens is 224 g/mol. The van der Waals surface area contributed by atoms with Crippen LogP contribution >= 0.6 is 0 Å². The van der Waals surface area contributed by atoms with Crippen LogP contribution in [0.25, 0.3) is 0 Å². The second-order valence-corrected chi connectivity index (χ2v) is 4.66. The van der Waals surface area contributed by atoms with E-state index in [-0.39, 0.29) is 24.8 Å². The Labute approximate surface area is 98.8 Å². The summed E-state index contributed by atoms with van der Waals surface area (Å²) in [6.07, 6.45) is 1.14. The maximum atomic E-state index is 12.1. The number of carbonyl (C=O) groups is 2. The van der Waals surface area contributed by atoms with Gasteiger partial charge < -0.3 is 5.11 Å². The Morgan fingerprint density at radius 1 is 1.47 bits per heavy atom. The van der Waals surface area contributed by atoms with Crippen molar-refractivity contribution >= 4 is 17.8 Å². The van der Waals surface area contributed by atoms with Crippen LogP contribution in [0.2, 0.25) is 0 Å². The summed E-state index contributed by atoms with van der Waals surface area (Å²) >= 11 is 0. The number of nitrogens with zero attached hydrogens (tertiary/aromatic N) is 3. The first kappa shape index (κ1) is 13.1. The van der Waals surface area contributed by atoms with Crippen molar-refractivity contribution in [1.82, 2.24) is 15.2 Å². The molecule has 0 aliphatic carbocycles. The van der Waals surface area contributed by atoms with Gasteiger partial charge in [-0.2, -0.15) is 10.1 Å². The van der Waals surface area contributed by atoms with Gasteiger partial charge in [0.2, 0.25) is 11.9 Å². The SMILES string of the molecule is CC(C)(C)C(=O)N(CCC(=O)O)c1ncn[nH]1. The van der Waals surface area contributed by atoms with Gasteiger partial charge in [0, 0.05) is 12.0 Å². The van der Waals surface area contributed by atoms with Crippen LogP contribution in [0.4, 0.5) is 5.95 Å². The lowest BCUT2D eigenvalue weighted by Gasteiger charge is -2.26. The number of carboxylic acids is 1. The van der Waals surface area contributed by atoms with Crippen molar-refractivity contribution in [3.8, 4) is 0 Å². The van der Waals surface area contributed by atoms with Gasteiger partial charge in [0.1, 0.15) is 6.33 Å². The lowest BCUT2D eigenvalue weighted by molar-refractivity contribution is -0.136. The number of aromatic nitrogens is 3. The van der Waals surface area contributed by atoms with Crippen molar-refractivity contribution in [2.45, 2.75) is 27.2 Å². The second-order valence-electron chi connectivity index (χ2n) is 4.66. The molecule has 1 amide bonds.